The molecule has 11 heteroatoms. The molecule has 0 spiro atoms. The number of methoxy groups -OCH3 is 1. The number of hydrogen-bond acceptors (Lipinski definition) is 7. The topological polar surface area (TPSA) is 113 Å². The predicted molar refractivity (Wildman–Crippen MR) is 140 cm³/mol. The number of carbonyl (C=O) groups is 2. The second-order valence-corrected chi connectivity index (χ2v) is 15.3. The zero-order valence-electron chi connectivity index (χ0n) is 21.1. The fourth-order valence-electron chi connectivity index (χ4n) is 3.70. The van der Waals surface area contributed by atoms with Crippen molar-refractivity contribution in [1.29, 1.82) is 0 Å². The van der Waals surface area contributed by atoms with Gasteiger partial charge in [0.2, 0.25) is 5.82 Å². The van der Waals surface area contributed by atoms with Gasteiger partial charge in [-0.3, -0.25) is 4.79 Å². The number of fused-ring (bicyclic) bond motifs is 1. The maximum Gasteiger partial charge on any atom is 0.337 e. The van der Waals surface area contributed by atoms with Gasteiger partial charge in [0.1, 0.15) is 24.5 Å². The van der Waals surface area contributed by atoms with E-state index < -0.39 is 20.0 Å². The average molecular weight is 507 g/mol. The fourth-order valence-corrected chi connectivity index (χ4v) is 4.46. The lowest BCUT2D eigenvalue weighted by Crippen LogP contribution is -2.22. The average Bonchev–Trinajstić information content (AvgIpc) is 3.44. The van der Waals surface area contributed by atoms with Crippen molar-refractivity contribution in [3.63, 3.8) is 0 Å². The quantitative estimate of drug-likeness (QED) is 0.206. The summed E-state index contributed by atoms with van der Waals surface area (Å²) >= 11 is 0. The molecule has 0 aliphatic carbocycles. The molecule has 36 heavy (non-hydrogen) atoms. The van der Waals surface area contributed by atoms with Gasteiger partial charge in [-0.05, 0) is 41.9 Å². The molecule has 1 aromatic carbocycles. The molecule has 0 unspecified atom stereocenters. The van der Waals surface area contributed by atoms with Crippen molar-refractivity contribution in [3.8, 4) is 11.3 Å². The number of nitrogens with zero attached hydrogens (tertiary/aromatic N) is 5. The minimum absolute atomic E-state index is 0.183. The van der Waals surface area contributed by atoms with Gasteiger partial charge in [0.15, 0.2) is 0 Å². The summed E-state index contributed by atoms with van der Waals surface area (Å²) in [6.07, 6.45) is 1.32. The molecule has 10 nitrogen and oxygen atoms in total. The van der Waals surface area contributed by atoms with Gasteiger partial charge < -0.3 is 19.4 Å². The van der Waals surface area contributed by atoms with Crippen molar-refractivity contribution in [1.82, 2.24) is 24.3 Å². The molecule has 3 aromatic heterocycles. The highest BCUT2D eigenvalue weighted by molar-refractivity contribution is 6.76. The van der Waals surface area contributed by atoms with Crippen molar-refractivity contribution in [2.24, 2.45) is 7.05 Å². The van der Waals surface area contributed by atoms with Crippen molar-refractivity contribution >= 4 is 36.8 Å². The van der Waals surface area contributed by atoms with Crippen LogP contribution in [-0.2, 0) is 23.3 Å². The summed E-state index contributed by atoms with van der Waals surface area (Å²) in [4.78, 5) is 33.4. The molecule has 0 atom stereocenters. The van der Waals surface area contributed by atoms with Gasteiger partial charge in [-0.15, -0.1) is 0 Å². The van der Waals surface area contributed by atoms with Crippen LogP contribution in [0.5, 0.6) is 0 Å². The van der Waals surface area contributed by atoms with E-state index in [-0.39, 0.29) is 12.6 Å². The Morgan fingerprint density at radius 1 is 1.11 bits per heavy atom. The standard InChI is InChI=1S/C25H30N6O4Si/c1-30-23(26-15-27-30)24(32)29-21-10-9-18-14-20(17-7-6-8-19(13-17)25(33)34-2)31(22(18)28-21)16-35-11-12-36(3,4)5/h6-10,13-15H,11-12,16H2,1-5H3,(H,28,29,32). The van der Waals surface area contributed by atoms with E-state index >= 15 is 0 Å². The Balaban J connectivity index is 1.71. The number of nitrogens with one attached hydrogen (secondary N) is 1. The summed E-state index contributed by atoms with van der Waals surface area (Å²) in [5.41, 5.74) is 2.77. The molecule has 4 aromatic rings. The van der Waals surface area contributed by atoms with E-state index in [9.17, 15) is 9.59 Å². The Kier molecular flexibility index (Phi) is 7.31. The van der Waals surface area contributed by atoms with Crippen LogP contribution >= 0.6 is 0 Å². The summed E-state index contributed by atoms with van der Waals surface area (Å²) in [6.45, 7) is 7.83. The Bertz CT molecular complexity index is 1410. The molecule has 188 valence electrons. The second kappa shape index (κ2) is 10.4. The van der Waals surface area contributed by atoms with Gasteiger partial charge in [-0.1, -0.05) is 31.8 Å². The van der Waals surface area contributed by atoms with Crippen LogP contribution in [0.15, 0.2) is 48.8 Å². The third kappa shape index (κ3) is 5.69. The number of hydrogen-bond donors (Lipinski definition) is 1. The number of aromatic nitrogens is 5. The maximum absolute atomic E-state index is 12.6. The van der Waals surface area contributed by atoms with Crippen LogP contribution in [0, 0.1) is 0 Å². The van der Waals surface area contributed by atoms with E-state index in [1.54, 1.807) is 25.2 Å². The monoisotopic (exact) mass is 506 g/mol. The Morgan fingerprint density at radius 2 is 1.92 bits per heavy atom. The Labute approximate surface area is 210 Å². The highest BCUT2D eigenvalue weighted by atomic mass is 28.3. The van der Waals surface area contributed by atoms with Gasteiger partial charge in [0, 0.05) is 27.1 Å². The van der Waals surface area contributed by atoms with Crippen LogP contribution in [0.1, 0.15) is 21.0 Å². The van der Waals surface area contributed by atoms with E-state index in [0.29, 0.717) is 23.6 Å². The van der Waals surface area contributed by atoms with Crippen LogP contribution < -0.4 is 5.32 Å². The Hall–Kier alpha value is -3.83. The lowest BCUT2D eigenvalue weighted by molar-refractivity contribution is 0.0600. The first kappa shape index (κ1) is 25.3. The van der Waals surface area contributed by atoms with Crippen LogP contribution in [0.4, 0.5) is 5.82 Å². The summed E-state index contributed by atoms with van der Waals surface area (Å²) in [6, 6.07) is 13.9. The molecule has 1 amide bonds. The molecule has 3 heterocycles. The molecule has 0 saturated carbocycles. The number of ether oxygens (including phenoxy) is 2. The largest absolute Gasteiger partial charge is 0.465 e. The van der Waals surface area contributed by atoms with E-state index in [1.165, 1.54) is 18.1 Å². The smallest absolute Gasteiger partial charge is 0.337 e. The molecule has 0 fully saturated rings. The molecule has 0 radical (unpaired) electrons. The predicted octanol–water partition coefficient (Wildman–Crippen LogP) is 4.18. The van der Waals surface area contributed by atoms with Crippen molar-refractivity contribution < 1.29 is 19.1 Å². The molecule has 0 bridgehead atoms. The summed E-state index contributed by atoms with van der Waals surface area (Å²) in [7, 11) is 1.75. The van der Waals surface area contributed by atoms with Crippen molar-refractivity contribution in [2.75, 3.05) is 19.0 Å². The summed E-state index contributed by atoms with van der Waals surface area (Å²) in [5, 5.41) is 7.60. The number of pyridine rings is 1. The van der Waals surface area contributed by atoms with Crippen LogP contribution in [0.25, 0.3) is 22.3 Å². The van der Waals surface area contributed by atoms with E-state index in [4.69, 9.17) is 14.5 Å². The normalized spacial score (nSPS) is 11.6. The molecule has 0 aliphatic heterocycles. The molecular weight excluding hydrogens is 476 g/mol. The molecule has 0 saturated heterocycles. The van der Waals surface area contributed by atoms with E-state index in [1.807, 2.05) is 28.8 Å². The second-order valence-electron chi connectivity index (χ2n) is 9.65. The van der Waals surface area contributed by atoms with Gasteiger partial charge in [0.05, 0.1) is 18.4 Å². The van der Waals surface area contributed by atoms with Crippen molar-refractivity contribution in [2.45, 2.75) is 32.4 Å². The fraction of sp³-hybridized carbons (Fsp3) is 0.320. The number of anilines is 1. The van der Waals surface area contributed by atoms with Gasteiger partial charge in [-0.2, -0.15) is 5.10 Å². The van der Waals surface area contributed by atoms with Gasteiger partial charge in [-0.25, -0.2) is 19.4 Å². The molecule has 1 N–H and O–H groups in total. The first-order chi connectivity index (χ1) is 17.2. The molecular formula is C25H30N6O4Si. The third-order valence-corrected chi connectivity index (χ3v) is 7.40. The number of carbonyl (C=O) groups excluding carboxylic acids is 2. The SMILES string of the molecule is COC(=O)c1cccc(-c2cc3ccc(NC(=O)c4ncnn4C)nc3n2COCC[Si](C)(C)C)c1. The van der Waals surface area contributed by atoms with Crippen LogP contribution in [-0.4, -0.2) is 58.0 Å². The van der Waals surface area contributed by atoms with Gasteiger partial charge >= 0.3 is 5.97 Å². The third-order valence-electron chi connectivity index (χ3n) is 5.70. The van der Waals surface area contributed by atoms with E-state index in [2.05, 4.69) is 35.0 Å². The number of amides is 1. The number of benzene rings is 1. The highest BCUT2D eigenvalue weighted by Crippen LogP contribution is 2.29. The minimum Gasteiger partial charge on any atom is -0.465 e. The maximum atomic E-state index is 12.6. The van der Waals surface area contributed by atoms with Crippen molar-refractivity contribution in [3.05, 3.63) is 60.2 Å². The number of aryl methyl sites for hydroxylation is 1. The number of rotatable bonds is 9. The molecule has 0 aliphatic rings. The lowest BCUT2D eigenvalue weighted by atomic mass is 10.1. The minimum atomic E-state index is -1.26. The van der Waals surface area contributed by atoms with E-state index in [0.717, 1.165) is 22.7 Å². The first-order valence-corrected chi connectivity index (χ1v) is 15.3. The number of esters is 1. The lowest BCUT2D eigenvalue weighted by Gasteiger charge is -2.17. The first-order valence-electron chi connectivity index (χ1n) is 11.6. The van der Waals surface area contributed by atoms with Gasteiger partial charge in [0.25, 0.3) is 5.91 Å². The van der Waals surface area contributed by atoms with Crippen LogP contribution in [0.2, 0.25) is 25.7 Å². The zero-order chi connectivity index (χ0) is 25.9. The highest BCUT2D eigenvalue weighted by Gasteiger charge is 2.18. The summed E-state index contributed by atoms with van der Waals surface area (Å²) < 4.78 is 14.3. The zero-order valence-corrected chi connectivity index (χ0v) is 22.1. The molecule has 4 rings (SSSR count). The Morgan fingerprint density at radius 3 is 2.61 bits per heavy atom. The summed E-state index contributed by atoms with van der Waals surface area (Å²) in [5.74, 6) is -0.246. The van der Waals surface area contributed by atoms with Crippen LogP contribution in [0.3, 0.4) is 0 Å².